The lowest BCUT2D eigenvalue weighted by atomic mass is 10.1. The molecule has 0 heterocycles. The number of hydrogen-bond donors (Lipinski definition) is 2. The van der Waals surface area contributed by atoms with Gasteiger partial charge in [0, 0.05) is 11.6 Å². The zero-order chi connectivity index (χ0) is 14.8. The second-order valence-electron chi connectivity index (χ2n) is 5.06. The number of nitrogens with zero attached hydrogens (tertiary/aromatic N) is 1. The van der Waals surface area contributed by atoms with Gasteiger partial charge in [-0.2, -0.15) is 0 Å². The zero-order valence-electron chi connectivity index (χ0n) is 12.3. The number of carbonyl (C=O) groups is 1. The molecule has 20 heavy (non-hydrogen) atoms. The van der Waals surface area contributed by atoms with E-state index in [0.717, 1.165) is 36.5 Å². The number of rotatable bonds is 9. The van der Waals surface area contributed by atoms with Crippen LogP contribution in [0.15, 0.2) is 24.3 Å². The molecular weight excluding hydrogens is 274 g/mol. The first kappa shape index (κ1) is 17.0. The molecule has 1 aromatic rings. The highest BCUT2D eigenvalue weighted by Gasteiger charge is 2.00. The van der Waals surface area contributed by atoms with Gasteiger partial charge in [0.15, 0.2) is 0 Å². The summed E-state index contributed by atoms with van der Waals surface area (Å²) in [4.78, 5) is 13.7. The maximum Gasteiger partial charge on any atom is 0.233 e. The molecule has 1 amide bonds. The van der Waals surface area contributed by atoms with E-state index in [0.29, 0.717) is 13.1 Å². The lowest BCUT2D eigenvalue weighted by molar-refractivity contribution is -0.120. The first-order valence-corrected chi connectivity index (χ1v) is 7.32. The van der Waals surface area contributed by atoms with Crippen molar-refractivity contribution in [1.29, 1.82) is 0 Å². The molecule has 0 radical (unpaired) electrons. The molecule has 0 unspecified atom stereocenters. The fraction of sp³-hybridized carbons (Fsp3) is 0.533. The topological polar surface area (TPSA) is 44.4 Å². The van der Waals surface area contributed by atoms with E-state index in [1.54, 1.807) is 0 Å². The average molecular weight is 298 g/mol. The van der Waals surface area contributed by atoms with Crippen LogP contribution in [0.5, 0.6) is 0 Å². The first-order valence-electron chi connectivity index (χ1n) is 6.94. The summed E-state index contributed by atoms with van der Waals surface area (Å²) in [5.74, 6) is 0.0388. The molecule has 0 bridgehead atoms. The molecule has 0 aliphatic carbocycles. The lowest BCUT2D eigenvalue weighted by Gasteiger charge is -2.10. The Morgan fingerprint density at radius 2 is 2.10 bits per heavy atom. The molecule has 0 saturated carbocycles. The minimum absolute atomic E-state index is 0.0388. The maximum absolute atomic E-state index is 11.6. The molecule has 0 saturated heterocycles. The monoisotopic (exact) mass is 297 g/mol. The molecular formula is C15H24ClN3O. The van der Waals surface area contributed by atoms with E-state index >= 15 is 0 Å². The van der Waals surface area contributed by atoms with Crippen molar-refractivity contribution in [2.75, 3.05) is 40.3 Å². The van der Waals surface area contributed by atoms with Crippen molar-refractivity contribution in [3.05, 3.63) is 34.9 Å². The summed E-state index contributed by atoms with van der Waals surface area (Å²) in [7, 11) is 4.09. The third-order valence-corrected chi connectivity index (χ3v) is 3.10. The predicted molar refractivity (Wildman–Crippen MR) is 84.2 cm³/mol. The fourth-order valence-electron chi connectivity index (χ4n) is 1.82. The quantitative estimate of drug-likeness (QED) is 0.680. The Morgan fingerprint density at radius 3 is 2.80 bits per heavy atom. The van der Waals surface area contributed by atoms with Gasteiger partial charge in [0.25, 0.3) is 0 Å². The minimum atomic E-state index is 0.0388. The number of amides is 1. The Bertz CT molecular complexity index is 410. The molecule has 0 aromatic heterocycles. The Morgan fingerprint density at radius 1 is 1.30 bits per heavy atom. The molecule has 4 nitrogen and oxygen atoms in total. The van der Waals surface area contributed by atoms with E-state index in [1.165, 1.54) is 0 Å². The van der Waals surface area contributed by atoms with Crippen LogP contribution in [0, 0.1) is 0 Å². The summed E-state index contributed by atoms with van der Waals surface area (Å²) in [6.07, 6.45) is 1.84. The summed E-state index contributed by atoms with van der Waals surface area (Å²) < 4.78 is 0. The summed E-state index contributed by atoms with van der Waals surface area (Å²) in [5, 5.41) is 6.77. The van der Waals surface area contributed by atoms with Gasteiger partial charge in [-0.05, 0) is 57.7 Å². The van der Waals surface area contributed by atoms with Crippen molar-refractivity contribution >= 4 is 17.5 Å². The van der Waals surface area contributed by atoms with Crippen LogP contribution in [-0.2, 0) is 11.2 Å². The zero-order valence-corrected chi connectivity index (χ0v) is 13.0. The highest BCUT2D eigenvalue weighted by atomic mass is 35.5. The van der Waals surface area contributed by atoms with Crippen LogP contribution in [0.1, 0.15) is 12.0 Å². The minimum Gasteiger partial charge on any atom is -0.355 e. The highest BCUT2D eigenvalue weighted by Crippen LogP contribution is 2.10. The van der Waals surface area contributed by atoms with E-state index in [2.05, 4.69) is 15.5 Å². The Balaban J connectivity index is 2.05. The second kappa shape index (κ2) is 9.75. The SMILES string of the molecule is CN(C)CCCNCC(=O)NCCc1cccc(Cl)c1. The van der Waals surface area contributed by atoms with Gasteiger partial charge in [-0.3, -0.25) is 4.79 Å². The summed E-state index contributed by atoms with van der Waals surface area (Å²) >= 11 is 5.91. The lowest BCUT2D eigenvalue weighted by Crippen LogP contribution is -2.35. The molecule has 0 atom stereocenters. The molecule has 0 fully saturated rings. The first-order chi connectivity index (χ1) is 9.58. The van der Waals surface area contributed by atoms with Crippen LogP contribution in [0.25, 0.3) is 0 Å². The van der Waals surface area contributed by atoms with Crippen LogP contribution >= 0.6 is 11.6 Å². The molecule has 1 rings (SSSR count). The molecule has 2 N–H and O–H groups in total. The standard InChI is InChI=1S/C15H24ClN3O/c1-19(2)10-4-8-17-12-15(20)18-9-7-13-5-3-6-14(16)11-13/h3,5-6,11,17H,4,7-10,12H2,1-2H3,(H,18,20). The van der Waals surface area contributed by atoms with E-state index < -0.39 is 0 Å². The van der Waals surface area contributed by atoms with Gasteiger partial charge in [0.05, 0.1) is 6.54 Å². The van der Waals surface area contributed by atoms with Crippen molar-refractivity contribution in [2.24, 2.45) is 0 Å². The van der Waals surface area contributed by atoms with Crippen LogP contribution in [-0.4, -0.2) is 51.1 Å². The largest absolute Gasteiger partial charge is 0.355 e. The second-order valence-corrected chi connectivity index (χ2v) is 5.50. The summed E-state index contributed by atoms with van der Waals surface area (Å²) in [6.45, 7) is 2.91. The number of hydrogen-bond acceptors (Lipinski definition) is 3. The van der Waals surface area contributed by atoms with Gasteiger partial charge < -0.3 is 15.5 Å². The van der Waals surface area contributed by atoms with Crippen molar-refractivity contribution in [3.63, 3.8) is 0 Å². The maximum atomic E-state index is 11.6. The Hall–Kier alpha value is -1.10. The third kappa shape index (κ3) is 8.15. The smallest absolute Gasteiger partial charge is 0.233 e. The van der Waals surface area contributed by atoms with E-state index in [9.17, 15) is 4.79 Å². The number of halogens is 1. The van der Waals surface area contributed by atoms with Crippen molar-refractivity contribution < 1.29 is 4.79 Å². The molecule has 0 spiro atoms. The molecule has 0 aliphatic heterocycles. The molecule has 0 aliphatic rings. The van der Waals surface area contributed by atoms with Gasteiger partial charge in [-0.15, -0.1) is 0 Å². The molecule has 5 heteroatoms. The van der Waals surface area contributed by atoms with Crippen molar-refractivity contribution in [1.82, 2.24) is 15.5 Å². The van der Waals surface area contributed by atoms with E-state index in [1.807, 2.05) is 38.4 Å². The van der Waals surface area contributed by atoms with E-state index in [4.69, 9.17) is 11.6 Å². The van der Waals surface area contributed by atoms with E-state index in [-0.39, 0.29) is 5.91 Å². The van der Waals surface area contributed by atoms with Crippen LogP contribution in [0.2, 0.25) is 5.02 Å². The number of nitrogens with one attached hydrogen (secondary N) is 2. The molecule has 112 valence electrons. The van der Waals surface area contributed by atoms with Crippen LogP contribution < -0.4 is 10.6 Å². The van der Waals surface area contributed by atoms with Gasteiger partial charge in [0.2, 0.25) is 5.91 Å². The van der Waals surface area contributed by atoms with Crippen molar-refractivity contribution in [3.8, 4) is 0 Å². The Labute approximate surface area is 126 Å². The molecule has 1 aromatic carbocycles. The van der Waals surface area contributed by atoms with Gasteiger partial charge in [-0.25, -0.2) is 0 Å². The number of carbonyl (C=O) groups excluding carboxylic acids is 1. The van der Waals surface area contributed by atoms with Crippen LogP contribution in [0.3, 0.4) is 0 Å². The van der Waals surface area contributed by atoms with Gasteiger partial charge >= 0.3 is 0 Å². The highest BCUT2D eigenvalue weighted by molar-refractivity contribution is 6.30. The van der Waals surface area contributed by atoms with Crippen LogP contribution in [0.4, 0.5) is 0 Å². The normalized spacial score (nSPS) is 10.8. The predicted octanol–water partition coefficient (Wildman–Crippen LogP) is 1.54. The number of benzene rings is 1. The van der Waals surface area contributed by atoms with Gasteiger partial charge in [0.1, 0.15) is 0 Å². The third-order valence-electron chi connectivity index (χ3n) is 2.87. The Kier molecular flexibility index (Phi) is 8.26. The summed E-state index contributed by atoms with van der Waals surface area (Å²) in [5.41, 5.74) is 1.14. The average Bonchev–Trinajstić information content (AvgIpc) is 2.38. The van der Waals surface area contributed by atoms with Crippen molar-refractivity contribution in [2.45, 2.75) is 12.8 Å². The van der Waals surface area contributed by atoms with Gasteiger partial charge in [-0.1, -0.05) is 23.7 Å². The summed E-state index contributed by atoms with van der Waals surface area (Å²) in [6, 6.07) is 7.71. The fourth-order valence-corrected chi connectivity index (χ4v) is 2.04.